The number of urea groups is 1. The monoisotopic (exact) mass is 456 g/mol. The van der Waals surface area contributed by atoms with Crippen LogP contribution >= 0.6 is 0 Å². The minimum atomic E-state index is -0.715. The number of nitrogens with one attached hydrogen (secondary N) is 1. The van der Waals surface area contributed by atoms with E-state index < -0.39 is 23.0 Å². The van der Waals surface area contributed by atoms with Gasteiger partial charge in [0.2, 0.25) is 11.7 Å². The predicted octanol–water partition coefficient (Wildman–Crippen LogP) is 1.12. The second-order valence-electron chi connectivity index (χ2n) is 8.77. The standard InChI is InChI=1S/C22H25FN6O4/c1-26-8-9-28(22(26)33)16-10-15(23)3-2-14(16)11-24-19(31)17-18(30)20(32)29-12-13-4-6-27(7-5-13)21(29)25-17/h2-3,10,13,30H,4-9,11-12H2,1H3,(H,24,31). The highest BCUT2D eigenvalue weighted by atomic mass is 19.1. The number of piperidine rings is 1. The van der Waals surface area contributed by atoms with E-state index in [0.29, 0.717) is 42.8 Å². The van der Waals surface area contributed by atoms with Gasteiger partial charge in [-0.1, -0.05) is 6.07 Å². The molecule has 6 rings (SSSR count). The number of aromatic hydroxyl groups is 1. The molecule has 2 fully saturated rings. The quantitative estimate of drug-likeness (QED) is 0.713. The molecule has 0 spiro atoms. The van der Waals surface area contributed by atoms with E-state index >= 15 is 0 Å². The second-order valence-corrected chi connectivity index (χ2v) is 8.77. The largest absolute Gasteiger partial charge is 0.501 e. The molecule has 0 aliphatic carbocycles. The van der Waals surface area contributed by atoms with Crippen molar-refractivity contribution in [3.63, 3.8) is 0 Å². The van der Waals surface area contributed by atoms with E-state index in [2.05, 4.69) is 10.3 Å². The Bertz CT molecular complexity index is 1190. The van der Waals surface area contributed by atoms with Gasteiger partial charge in [0.05, 0.1) is 5.69 Å². The van der Waals surface area contributed by atoms with Crippen molar-refractivity contribution in [1.82, 2.24) is 19.8 Å². The van der Waals surface area contributed by atoms with E-state index in [-0.39, 0.29) is 18.3 Å². The van der Waals surface area contributed by atoms with Crippen LogP contribution in [0.1, 0.15) is 28.9 Å². The van der Waals surface area contributed by atoms with Gasteiger partial charge in [0.15, 0.2) is 5.69 Å². The Morgan fingerprint density at radius 3 is 2.67 bits per heavy atom. The Balaban J connectivity index is 1.41. The number of hydrogen-bond acceptors (Lipinski definition) is 6. The third kappa shape index (κ3) is 3.66. The van der Waals surface area contributed by atoms with Crippen molar-refractivity contribution in [2.45, 2.75) is 25.9 Å². The fourth-order valence-corrected chi connectivity index (χ4v) is 4.74. The Hall–Kier alpha value is -3.63. The maximum Gasteiger partial charge on any atom is 0.324 e. The van der Waals surface area contributed by atoms with Crippen molar-refractivity contribution >= 4 is 23.6 Å². The summed E-state index contributed by atoms with van der Waals surface area (Å²) in [5, 5.41) is 13.1. The number of aromatic nitrogens is 2. The van der Waals surface area contributed by atoms with Crippen molar-refractivity contribution in [2.75, 3.05) is 43.0 Å². The summed E-state index contributed by atoms with van der Waals surface area (Å²) in [6, 6.07) is 3.76. The number of halogens is 1. The molecule has 0 unspecified atom stereocenters. The molecular weight excluding hydrogens is 431 g/mol. The Kier molecular flexibility index (Phi) is 5.18. The van der Waals surface area contributed by atoms with Crippen LogP contribution in [-0.4, -0.2) is 64.7 Å². The van der Waals surface area contributed by atoms with Gasteiger partial charge in [-0.05, 0) is 36.5 Å². The Morgan fingerprint density at radius 2 is 1.97 bits per heavy atom. The molecule has 33 heavy (non-hydrogen) atoms. The first-order valence-corrected chi connectivity index (χ1v) is 11.0. The van der Waals surface area contributed by atoms with Crippen molar-refractivity contribution < 1.29 is 19.1 Å². The number of benzene rings is 1. The summed E-state index contributed by atoms with van der Waals surface area (Å²) < 4.78 is 15.4. The lowest BCUT2D eigenvalue weighted by molar-refractivity contribution is 0.0942. The number of rotatable bonds is 4. The van der Waals surface area contributed by atoms with Gasteiger partial charge < -0.3 is 20.2 Å². The normalized spacial score (nSPS) is 18.0. The highest BCUT2D eigenvalue weighted by Crippen LogP contribution is 2.30. The van der Waals surface area contributed by atoms with Gasteiger partial charge in [0.25, 0.3) is 11.5 Å². The molecule has 4 aliphatic rings. The van der Waals surface area contributed by atoms with E-state index in [1.807, 2.05) is 4.90 Å². The van der Waals surface area contributed by atoms with E-state index in [1.165, 1.54) is 32.6 Å². The van der Waals surface area contributed by atoms with Gasteiger partial charge in [-0.15, -0.1) is 0 Å². The predicted molar refractivity (Wildman–Crippen MR) is 118 cm³/mol. The number of fused-ring (bicyclic) bond motifs is 2. The van der Waals surface area contributed by atoms with Gasteiger partial charge >= 0.3 is 6.03 Å². The van der Waals surface area contributed by atoms with Crippen LogP contribution in [0.25, 0.3) is 0 Å². The lowest BCUT2D eigenvalue weighted by Crippen LogP contribution is -2.35. The first-order valence-electron chi connectivity index (χ1n) is 11.0. The summed E-state index contributed by atoms with van der Waals surface area (Å²) in [6.45, 7) is 2.86. The highest BCUT2D eigenvalue weighted by molar-refractivity contribution is 5.96. The molecule has 0 atom stereocenters. The van der Waals surface area contributed by atoms with Crippen LogP contribution in [0.3, 0.4) is 0 Å². The fourth-order valence-electron chi connectivity index (χ4n) is 4.74. The minimum absolute atomic E-state index is 0.0345. The van der Waals surface area contributed by atoms with Crippen molar-refractivity contribution in [1.29, 1.82) is 0 Å². The van der Waals surface area contributed by atoms with E-state index in [1.54, 1.807) is 7.05 Å². The van der Waals surface area contributed by atoms with Crippen LogP contribution in [0, 0.1) is 11.7 Å². The zero-order valence-electron chi connectivity index (χ0n) is 18.3. The molecular formula is C22H25FN6O4. The number of amides is 3. The number of anilines is 2. The molecule has 2 aromatic rings. The smallest absolute Gasteiger partial charge is 0.324 e. The fraction of sp³-hybridized carbons (Fsp3) is 0.455. The molecule has 11 heteroatoms. The zero-order chi connectivity index (χ0) is 23.3. The summed E-state index contributed by atoms with van der Waals surface area (Å²) in [4.78, 5) is 47.4. The molecule has 5 heterocycles. The highest BCUT2D eigenvalue weighted by Gasteiger charge is 2.32. The van der Waals surface area contributed by atoms with Crippen LogP contribution in [0.15, 0.2) is 23.0 Å². The molecule has 3 amide bonds. The Labute approximate surface area is 189 Å². The topological polar surface area (TPSA) is 111 Å². The molecule has 4 aliphatic heterocycles. The van der Waals surface area contributed by atoms with Crippen LogP contribution in [0.2, 0.25) is 0 Å². The van der Waals surface area contributed by atoms with Gasteiger partial charge in [0, 0.05) is 46.3 Å². The van der Waals surface area contributed by atoms with Crippen LogP contribution in [0.5, 0.6) is 5.75 Å². The summed E-state index contributed by atoms with van der Waals surface area (Å²) in [5.74, 6) is -1.14. The van der Waals surface area contributed by atoms with Crippen LogP contribution < -0.4 is 20.7 Å². The molecule has 174 valence electrons. The van der Waals surface area contributed by atoms with Crippen molar-refractivity contribution in [2.24, 2.45) is 5.92 Å². The maximum absolute atomic E-state index is 13.9. The summed E-state index contributed by atoms with van der Waals surface area (Å²) in [5.41, 5.74) is -0.0666. The third-order valence-corrected chi connectivity index (χ3v) is 6.67. The molecule has 0 saturated carbocycles. The zero-order valence-corrected chi connectivity index (χ0v) is 18.3. The average molecular weight is 456 g/mol. The summed E-state index contributed by atoms with van der Waals surface area (Å²) in [7, 11) is 1.66. The molecule has 10 nitrogen and oxygen atoms in total. The SMILES string of the molecule is CN1CCN(c2cc(F)ccc2CNC(=O)c2nc3n(c(=O)c2O)CC2CCN3CC2)C1=O. The van der Waals surface area contributed by atoms with Gasteiger partial charge in [-0.2, -0.15) is 0 Å². The summed E-state index contributed by atoms with van der Waals surface area (Å²) in [6.07, 6.45) is 1.87. The minimum Gasteiger partial charge on any atom is -0.501 e. The van der Waals surface area contributed by atoms with Gasteiger partial charge in [0.1, 0.15) is 5.82 Å². The van der Waals surface area contributed by atoms with Crippen molar-refractivity contribution in [3.8, 4) is 5.75 Å². The lowest BCUT2D eigenvalue weighted by Gasteiger charge is -2.27. The molecule has 0 radical (unpaired) electrons. The van der Waals surface area contributed by atoms with Crippen molar-refractivity contribution in [3.05, 3.63) is 45.6 Å². The molecule has 2 N–H and O–H groups in total. The molecule has 2 saturated heterocycles. The second kappa shape index (κ2) is 8.05. The number of carbonyl (C=O) groups excluding carboxylic acids is 2. The lowest BCUT2D eigenvalue weighted by atomic mass is 9.98. The summed E-state index contributed by atoms with van der Waals surface area (Å²) >= 11 is 0. The molecule has 1 aromatic heterocycles. The van der Waals surface area contributed by atoms with E-state index in [9.17, 15) is 23.9 Å². The molecule has 1 aromatic carbocycles. The third-order valence-electron chi connectivity index (χ3n) is 6.67. The first kappa shape index (κ1) is 21.2. The van der Waals surface area contributed by atoms with Gasteiger partial charge in [-0.3, -0.25) is 19.1 Å². The maximum atomic E-state index is 13.9. The first-order chi connectivity index (χ1) is 15.8. The number of carbonyl (C=O) groups is 2. The van der Waals surface area contributed by atoms with Crippen LogP contribution in [0.4, 0.5) is 20.8 Å². The average Bonchev–Trinajstić information content (AvgIpc) is 2.97. The van der Waals surface area contributed by atoms with E-state index in [4.69, 9.17) is 0 Å². The number of nitrogens with zero attached hydrogens (tertiary/aromatic N) is 5. The van der Waals surface area contributed by atoms with Gasteiger partial charge in [-0.25, -0.2) is 14.2 Å². The number of hydrogen-bond donors (Lipinski definition) is 2. The molecule has 2 bridgehead atoms. The Morgan fingerprint density at radius 1 is 1.21 bits per heavy atom. The van der Waals surface area contributed by atoms with E-state index in [0.717, 1.165) is 25.9 Å². The number of likely N-dealkylation sites (N-methyl/N-ethyl adjacent to an activating group) is 1. The van der Waals surface area contributed by atoms with Crippen LogP contribution in [-0.2, 0) is 13.1 Å².